The first-order valence-corrected chi connectivity index (χ1v) is 9.77. The average Bonchev–Trinajstić information content (AvgIpc) is 2.67. The van der Waals surface area contributed by atoms with Crippen molar-refractivity contribution in [3.05, 3.63) is 82.8 Å². The largest absolute Gasteiger partial charge is 0.147 e. The number of hydrogen-bond donors (Lipinski definition) is 1. The van der Waals surface area contributed by atoms with E-state index in [1.54, 1.807) is 0 Å². The molecule has 0 aliphatic heterocycles. The second kappa shape index (κ2) is 12.2. The molecule has 0 aromatic heterocycles. The van der Waals surface area contributed by atoms with E-state index in [1.807, 2.05) is 26.8 Å². The van der Waals surface area contributed by atoms with E-state index in [2.05, 4.69) is 61.1 Å². The highest BCUT2D eigenvalue weighted by Gasteiger charge is 2.16. The number of thiol groups is 1. The number of allylic oxidation sites excluding steroid dienone is 7. The van der Waals surface area contributed by atoms with Crippen LogP contribution in [0.1, 0.15) is 46.5 Å². The van der Waals surface area contributed by atoms with Gasteiger partial charge in [-0.2, -0.15) is 0 Å². The maximum atomic E-state index is 5.37. The lowest BCUT2D eigenvalue weighted by molar-refractivity contribution is 0.880. The first-order valence-electron chi connectivity index (χ1n) is 9.33. The van der Waals surface area contributed by atoms with Gasteiger partial charge in [0.05, 0.1) is 0 Å². The van der Waals surface area contributed by atoms with Gasteiger partial charge in [0.15, 0.2) is 0 Å². The number of fused-ring (bicyclic) bond motifs is 1. The molecular formula is C25H30S. The lowest BCUT2D eigenvalue weighted by Gasteiger charge is -2.19. The molecule has 0 heterocycles. The van der Waals surface area contributed by atoms with Crippen molar-refractivity contribution in [3.8, 4) is 12.3 Å². The lowest BCUT2D eigenvalue weighted by Crippen LogP contribution is -2.32. The Balaban J connectivity index is 0.00000163. The molecule has 0 radical (unpaired) electrons. The summed E-state index contributed by atoms with van der Waals surface area (Å²) in [4.78, 5) is 1.12. The Kier molecular flexibility index (Phi) is 10.3. The topological polar surface area (TPSA) is 0 Å². The third kappa shape index (κ3) is 5.68. The van der Waals surface area contributed by atoms with Crippen molar-refractivity contribution < 1.29 is 0 Å². The third-order valence-corrected chi connectivity index (χ3v) is 4.43. The number of terminal acetylenes is 1. The van der Waals surface area contributed by atoms with Gasteiger partial charge in [-0.1, -0.05) is 75.1 Å². The van der Waals surface area contributed by atoms with Gasteiger partial charge in [0.2, 0.25) is 0 Å². The molecule has 0 nitrogen and oxygen atoms in total. The van der Waals surface area contributed by atoms with Crippen molar-refractivity contribution >= 4 is 23.1 Å². The van der Waals surface area contributed by atoms with Crippen molar-refractivity contribution in [2.75, 3.05) is 0 Å². The van der Waals surface area contributed by atoms with Crippen LogP contribution in [0.15, 0.2) is 72.4 Å². The highest BCUT2D eigenvalue weighted by molar-refractivity contribution is 7.90. The van der Waals surface area contributed by atoms with Crippen molar-refractivity contribution in [1.29, 1.82) is 0 Å². The summed E-state index contributed by atoms with van der Waals surface area (Å²) in [6.45, 7) is 9.91. The highest BCUT2D eigenvalue weighted by Crippen LogP contribution is 2.30. The Hall–Kier alpha value is -2.17. The van der Waals surface area contributed by atoms with Crippen LogP contribution in [-0.2, 0) is 0 Å². The van der Waals surface area contributed by atoms with Gasteiger partial charge in [-0.15, -0.1) is 25.0 Å². The summed E-state index contributed by atoms with van der Waals surface area (Å²) in [6, 6.07) is 8.48. The van der Waals surface area contributed by atoms with Crippen LogP contribution in [0.2, 0.25) is 0 Å². The summed E-state index contributed by atoms with van der Waals surface area (Å²) in [6.07, 6.45) is 19.5. The second-order valence-electron chi connectivity index (χ2n) is 5.73. The van der Waals surface area contributed by atoms with Crippen LogP contribution in [0.3, 0.4) is 0 Å². The maximum absolute atomic E-state index is 5.37. The van der Waals surface area contributed by atoms with E-state index >= 15 is 0 Å². The molecule has 26 heavy (non-hydrogen) atoms. The van der Waals surface area contributed by atoms with E-state index in [1.165, 1.54) is 27.2 Å². The monoisotopic (exact) mass is 362 g/mol. The van der Waals surface area contributed by atoms with Crippen molar-refractivity contribution in [3.63, 3.8) is 0 Å². The molecule has 0 spiro atoms. The molecule has 0 saturated carbocycles. The molecule has 0 bridgehead atoms. The molecule has 1 aliphatic rings. The van der Waals surface area contributed by atoms with Gasteiger partial charge in [0, 0.05) is 12.8 Å². The van der Waals surface area contributed by atoms with Crippen LogP contribution >= 0.6 is 12.6 Å². The van der Waals surface area contributed by atoms with Gasteiger partial charge in [-0.3, -0.25) is 0 Å². The zero-order valence-electron chi connectivity index (χ0n) is 16.3. The Morgan fingerprint density at radius 2 is 1.96 bits per heavy atom. The number of hydrogen-bond acceptors (Lipinski definition) is 1. The van der Waals surface area contributed by atoms with Crippen LogP contribution in [0.25, 0.3) is 10.5 Å². The van der Waals surface area contributed by atoms with Gasteiger partial charge < -0.3 is 0 Å². The zero-order chi connectivity index (χ0) is 19.4. The van der Waals surface area contributed by atoms with E-state index in [0.29, 0.717) is 0 Å². The average molecular weight is 363 g/mol. The van der Waals surface area contributed by atoms with Crippen molar-refractivity contribution in [1.82, 2.24) is 0 Å². The Morgan fingerprint density at radius 1 is 1.27 bits per heavy atom. The fourth-order valence-corrected chi connectivity index (χ4v) is 3.38. The second-order valence-corrected chi connectivity index (χ2v) is 6.27. The van der Waals surface area contributed by atoms with Crippen LogP contribution in [0.4, 0.5) is 0 Å². The van der Waals surface area contributed by atoms with E-state index in [9.17, 15) is 0 Å². The minimum absolute atomic E-state index is 0.817. The van der Waals surface area contributed by atoms with Gasteiger partial charge >= 0.3 is 0 Å². The predicted octanol–water partition coefficient (Wildman–Crippen LogP) is 5.72. The molecule has 1 heteroatoms. The highest BCUT2D eigenvalue weighted by atomic mass is 32.1. The van der Waals surface area contributed by atoms with Gasteiger partial charge in [-0.05, 0) is 51.8 Å². The fourth-order valence-electron chi connectivity index (χ4n) is 3.01. The molecule has 1 aliphatic carbocycles. The summed E-state index contributed by atoms with van der Waals surface area (Å²) in [5.74, 6) is 2.71. The molecule has 0 amide bonds. The number of rotatable bonds is 6. The third-order valence-electron chi connectivity index (χ3n) is 4.03. The van der Waals surface area contributed by atoms with E-state index in [4.69, 9.17) is 19.1 Å². The quantitative estimate of drug-likeness (QED) is 0.284. The predicted molar refractivity (Wildman–Crippen MR) is 121 cm³/mol. The zero-order valence-corrected chi connectivity index (χ0v) is 17.2. The molecule has 136 valence electrons. The van der Waals surface area contributed by atoms with E-state index in [0.717, 1.165) is 30.6 Å². The molecule has 0 saturated heterocycles. The number of unbranched alkanes of at least 4 members (excludes halogenated alkanes) is 2. The minimum Gasteiger partial charge on any atom is -0.147 e. The molecule has 0 N–H and O–H groups in total. The maximum Gasteiger partial charge on any atom is 0.00890 e. The molecule has 1 aromatic rings. The molecule has 0 fully saturated rings. The van der Waals surface area contributed by atoms with Crippen molar-refractivity contribution in [2.45, 2.75) is 46.5 Å². The van der Waals surface area contributed by atoms with E-state index in [-0.39, 0.29) is 0 Å². The molecular weight excluding hydrogens is 332 g/mol. The summed E-state index contributed by atoms with van der Waals surface area (Å²) in [5.41, 5.74) is 3.79. The summed E-state index contributed by atoms with van der Waals surface area (Å²) in [7, 11) is 0. The standard InChI is InChI=1S/C23H24S.C2H6/c1-4-7-8-9-14-19-17-22(24)20-15-10-11-16-21(20)23(19)18(12-5-2)13-6-3;1-2/h1,5-6,10-16,24H,2,7-9,17H2,3H3;1-2H3/b13-6-,18-12+,19-14+;. The molecule has 2 rings (SSSR count). The molecule has 1 aromatic carbocycles. The Labute approximate surface area is 164 Å². The van der Waals surface area contributed by atoms with Crippen LogP contribution < -0.4 is 10.4 Å². The van der Waals surface area contributed by atoms with Crippen LogP contribution in [0, 0.1) is 12.3 Å². The van der Waals surface area contributed by atoms with Gasteiger partial charge in [0.25, 0.3) is 0 Å². The van der Waals surface area contributed by atoms with Crippen LogP contribution in [-0.4, -0.2) is 0 Å². The van der Waals surface area contributed by atoms with Gasteiger partial charge in [0.1, 0.15) is 0 Å². The summed E-state index contributed by atoms with van der Waals surface area (Å²) in [5, 5.41) is 2.46. The Bertz CT molecular complexity index is 854. The number of benzene rings is 1. The molecule has 0 atom stereocenters. The van der Waals surface area contributed by atoms with Gasteiger partial charge in [-0.25, -0.2) is 0 Å². The first kappa shape index (κ1) is 21.9. The summed E-state index contributed by atoms with van der Waals surface area (Å²) < 4.78 is 0. The smallest absolute Gasteiger partial charge is 0.00890 e. The lowest BCUT2D eigenvalue weighted by atomic mass is 9.87. The minimum atomic E-state index is 0.817. The summed E-state index contributed by atoms with van der Waals surface area (Å²) >= 11 is 4.75. The van der Waals surface area contributed by atoms with Crippen molar-refractivity contribution in [2.24, 2.45) is 0 Å². The Morgan fingerprint density at radius 3 is 2.58 bits per heavy atom. The normalized spacial score (nSPS) is 15.3. The molecule has 0 unspecified atom stereocenters. The SMILES string of the molecule is C#CCCC/C=C1\CC(S)=c2ccccc2=C1C(/C=C\C)=C/C=C.CC. The first-order chi connectivity index (χ1) is 12.7. The van der Waals surface area contributed by atoms with Crippen LogP contribution in [0.5, 0.6) is 0 Å². The van der Waals surface area contributed by atoms with E-state index < -0.39 is 0 Å². The fraction of sp³-hybridized carbons (Fsp3) is 0.280.